The summed E-state index contributed by atoms with van der Waals surface area (Å²) >= 11 is 1.72. The Kier molecular flexibility index (Phi) is 5.74. The first kappa shape index (κ1) is 15.5. The van der Waals surface area contributed by atoms with Gasteiger partial charge in [0.2, 0.25) is 11.9 Å². The van der Waals surface area contributed by atoms with Crippen LogP contribution in [0.3, 0.4) is 0 Å². The first-order chi connectivity index (χ1) is 10.2. The lowest BCUT2D eigenvalue weighted by Gasteiger charge is -2.09. The number of nitrogens with zero attached hydrogens (tertiary/aromatic N) is 3. The molecule has 0 bridgehead atoms. The van der Waals surface area contributed by atoms with Crippen LogP contribution in [0.5, 0.6) is 6.01 Å². The minimum absolute atomic E-state index is 0.355. The zero-order valence-corrected chi connectivity index (χ0v) is 13.5. The lowest BCUT2D eigenvalue weighted by molar-refractivity contribution is 0.292. The van der Waals surface area contributed by atoms with Crippen molar-refractivity contribution < 1.29 is 4.74 Å². The SMILES string of the molecule is CCCOc1nc(NCC)nc(NCc2sccc2C)n1. The molecule has 2 heterocycles. The van der Waals surface area contributed by atoms with Crippen molar-refractivity contribution in [1.82, 2.24) is 15.0 Å². The number of rotatable bonds is 8. The zero-order valence-electron chi connectivity index (χ0n) is 12.6. The van der Waals surface area contributed by atoms with E-state index in [0.29, 0.717) is 31.1 Å². The molecule has 0 aromatic carbocycles. The highest BCUT2D eigenvalue weighted by Gasteiger charge is 2.08. The fourth-order valence-electron chi connectivity index (χ4n) is 1.68. The minimum Gasteiger partial charge on any atom is -0.463 e. The molecule has 0 atom stereocenters. The largest absolute Gasteiger partial charge is 0.463 e. The van der Waals surface area contributed by atoms with Crippen LogP contribution in [0.15, 0.2) is 11.4 Å². The van der Waals surface area contributed by atoms with E-state index in [4.69, 9.17) is 4.74 Å². The Morgan fingerprint density at radius 2 is 1.90 bits per heavy atom. The molecule has 0 amide bonds. The molecule has 2 aromatic heterocycles. The molecule has 114 valence electrons. The van der Waals surface area contributed by atoms with Crippen LogP contribution in [0, 0.1) is 6.92 Å². The quantitative estimate of drug-likeness (QED) is 0.781. The Balaban J connectivity index is 2.09. The number of aromatic nitrogens is 3. The van der Waals surface area contributed by atoms with Crippen LogP contribution in [-0.4, -0.2) is 28.1 Å². The molecule has 2 aromatic rings. The van der Waals surface area contributed by atoms with Gasteiger partial charge in [-0.05, 0) is 37.3 Å². The fraction of sp³-hybridized carbons (Fsp3) is 0.500. The average molecular weight is 307 g/mol. The topological polar surface area (TPSA) is 72.0 Å². The normalized spacial score (nSPS) is 10.4. The Hall–Kier alpha value is -1.89. The maximum atomic E-state index is 5.50. The van der Waals surface area contributed by atoms with E-state index in [0.717, 1.165) is 13.0 Å². The predicted molar refractivity (Wildman–Crippen MR) is 86.2 cm³/mol. The molecule has 0 saturated heterocycles. The number of aryl methyl sites for hydroxylation is 1. The molecule has 0 fully saturated rings. The lowest BCUT2D eigenvalue weighted by Crippen LogP contribution is -2.11. The van der Waals surface area contributed by atoms with E-state index in [9.17, 15) is 0 Å². The summed E-state index contributed by atoms with van der Waals surface area (Å²) in [5.74, 6) is 1.06. The van der Waals surface area contributed by atoms with Gasteiger partial charge < -0.3 is 15.4 Å². The van der Waals surface area contributed by atoms with Crippen LogP contribution >= 0.6 is 11.3 Å². The summed E-state index contributed by atoms with van der Waals surface area (Å²) in [7, 11) is 0. The fourth-order valence-corrected chi connectivity index (χ4v) is 2.52. The van der Waals surface area contributed by atoms with E-state index in [2.05, 4.69) is 44.0 Å². The highest BCUT2D eigenvalue weighted by molar-refractivity contribution is 7.10. The van der Waals surface area contributed by atoms with Gasteiger partial charge in [-0.3, -0.25) is 0 Å². The highest BCUT2D eigenvalue weighted by atomic mass is 32.1. The third-order valence-electron chi connectivity index (χ3n) is 2.76. The molecule has 0 saturated carbocycles. The maximum absolute atomic E-state index is 5.50. The van der Waals surface area contributed by atoms with E-state index in [1.54, 1.807) is 11.3 Å². The molecular weight excluding hydrogens is 286 g/mol. The van der Waals surface area contributed by atoms with E-state index in [1.807, 2.05) is 13.8 Å². The average Bonchev–Trinajstić information content (AvgIpc) is 2.88. The molecular formula is C14H21N5OS. The standard InChI is InChI=1S/C14H21N5OS/c1-4-7-20-14-18-12(15-5-2)17-13(19-14)16-9-11-10(3)6-8-21-11/h6,8H,4-5,7,9H2,1-3H3,(H2,15,16,17,18,19). The van der Waals surface area contributed by atoms with Crippen LogP contribution in [0.2, 0.25) is 0 Å². The van der Waals surface area contributed by atoms with Gasteiger partial charge in [0.1, 0.15) is 0 Å². The minimum atomic E-state index is 0.355. The van der Waals surface area contributed by atoms with Crippen LogP contribution in [-0.2, 0) is 6.54 Å². The van der Waals surface area contributed by atoms with Gasteiger partial charge in [-0.1, -0.05) is 6.92 Å². The van der Waals surface area contributed by atoms with Crippen molar-refractivity contribution in [1.29, 1.82) is 0 Å². The molecule has 0 spiro atoms. The Bertz CT molecular complexity index is 572. The van der Waals surface area contributed by atoms with Crippen molar-refractivity contribution in [3.05, 3.63) is 21.9 Å². The van der Waals surface area contributed by atoms with Gasteiger partial charge in [-0.25, -0.2) is 0 Å². The van der Waals surface area contributed by atoms with E-state index >= 15 is 0 Å². The summed E-state index contributed by atoms with van der Waals surface area (Å²) in [6.45, 7) is 8.19. The Morgan fingerprint density at radius 3 is 2.52 bits per heavy atom. The van der Waals surface area contributed by atoms with Crippen molar-refractivity contribution in [3.63, 3.8) is 0 Å². The van der Waals surface area contributed by atoms with Crippen LogP contribution in [0.1, 0.15) is 30.7 Å². The molecule has 6 nitrogen and oxygen atoms in total. The lowest BCUT2D eigenvalue weighted by atomic mass is 10.3. The molecule has 2 N–H and O–H groups in total. The predicted octanol–water partition coefficient (Wildman–Crippen LogP) is 3.07. The first-order valence-corrected chi connectivity index (χ1v) is 8.00. The maximum Gasteiger partial charge on any atom is 0.323 e. The summed E-state index contributed by atoms with van der Waals surface area (Å²) in [4.78, 5) is 14.1. The highest BCUT2D eigenvalue weighted by Crippen LogP contribution is 2.17. The van der Waals surface area contributed by atoms with Gasteiger partial charge in [0.15, 0.2) is 0 Å². The summed E-state index contributed by atoms with van der Waals surface area (Å²) < 4.78 is 5.50. The van der Waals surface area contributed by atoms with Crippen LogP contribution in [0.25, 0.3) is 0 Å². The molecule has 21 heavy (non-hydrogen) atoms. The van der Waals surface area contributed by atoms with Gasteiger partial charge in [-0.2, -0.15) is 15.0 Å². The number of ether oxygens (including phenoxy) is 1. The summed E-state index contributed by atoms with van der Waals surface area (Å²) in [5, 5.41) is 8.40. The zero-order chi connectivity index (χ0) is 15.1. The van der Waals surface area contributed by atoms with E-state index in [1.165, 1.54) is 10.4 Å². The van der Waals surface area contributed by atoms with Crippen LogP contribution < -0.4 is 15.4 Å². The Labute approximate surface area is 129 Å². The van der Waals surface area contributed by atoms with Crippen molar-refractivity contribution in [2.75, 3.05) is 23.8 Å². The second kappa shape index (κ2) is 7.78. The first-order valence-electron chi connectivity index (χ1n) is 7.12. The molecule has 0 aliphatic rings. The van der Waals surface area contributed by atoms with Crippen molar-refractivity contribution >= 4 is 23.2 Å². The summed E-state index contributed by atoms with van der Waals surface area (Å²) in [6.07, 6.45) is 0.916. The third-order valence-corrected chi connectivity index (χ3v) is 3.78. The number of anilines is 2. The molecule has 0 aliphatic carbocycles. The van der Waals surface area contributed by atoms with Gasteiger partial charge in [0, 0.05) is 11.4 Å². The van der Waals surface area contributed by atoms with Gasteiger partial charge in [0.05, 0.1) is 13.2 Å². The molecule has 0 radical (unpaired) electrons. The van der Waals surface area contributed by atoms with Crippen molar-refractivity contribution in [2.45, 2.75) is 33.7 Å². The molecule has 2 rings (SSSR count). The number of hydrogen-bond acceptors (Lipinski definition) is 7. The summed E-state index contributed by atoms with van der Waals surface area (Å²) in [6, 6.07) is 2.46. The van der Waals surface area contributed by atoms with Gasteiger partial charge in [-0.15, -0.1) is 11.3 Å². The van der Waals surface area contributed by atoms with E-state index in [-0.39, 0.29) is 0 Å². The number of hydrogen-bond donors (Lipinski definition) is 2. The molecule has 0 unspecified atom stereocenters. The van der Waals surface area contributed by atoms with Gasteiger partial charge >= 0.3 is 6.01 Å². The Morgan fingerprint density at radius 1 is 1.14 bits per heavy atom. The van der Waals surface area contributed by atoms with Crippen molar-refractivity contribution in [2.24, 2.45) is 0 Å². The van der Waals surface area contributed by atoms with Crippen molar-refractivity contribution in [3.8, 4) is 6.01 Å². The smallest absolute Gasteiger partial charge is 0.323 e. The van der Waals surface area contributed by atoms with Gasteiger partial charge in [0.25, 0.3) is 0 Å². The second-order valence-electron chi connectivity index (χ2n) is 4.52. The molecule has 7 heteroatoms. The second-order valence-corrected chi connectivity index (χ2v) is 5.52. The number of nitrogens with one attached hydrogen (secondary N) is 2. The number of thiophene rings is 1. The molecule has 0 aliphatic heterocycles. The monoisotopic (exact) mass is 307 g/mol. The van der Waals surface area contributed by atoms with E-state index < -0.39 is 0 Å². The summed E-state index contributed by atoms with van der Waals surface area (Å²) in [5.41, 5.74) is 1.27. The third kappa shape index (κ3) is 4.56. The van der Waals surface area contributed by atoms with Crippen LogP contribution in [0.4, 0.5) is 11.9 Å².